The highest BCUT2D eigenvalue weighted by molar-refractivity contribution is 6.94. The zero-order valence-electron chi connectivity index (χ0n) is 21.7. The van der Waals surface area contributed by atoms with E-state index in [-0.39, 0.29) is 5.97 Å². The molecule has 0 atom stereocenters. The van der Waals surface area contributed by atoms with Crippen molar-refractivity contribution in [1.82, 2.24) is 0 Å². The van der Waals surface area contributed by atoms with Crippen molar-refractivity contribution in [3.63, 3.8) is 0 Å². The molecule has 0 aliphatic rings. The summed E-state index contributed by atoms with van der Waals surface area (Å²) < 4.78 is 5.76. The molecule has 0 saturated carbocycles. The molecule has 0 heterocycles. The molecule has 3 aromatic rings. The largest absolute Gasteiger partial charge is 0.422 e. The summed E-state index contributed by atoms with van der Waals surface area (Å²) >= 11 is 0. The average Bonchev–Trinajstić information content (AvgIpc) is 2.81. The Labute approximate surface area is 212 Å². The van der Waals surface area contributed by atoms with Gasteiger partial charge in [0.25, 0.3) is 0 Å². The van der Waals surface area contributed by atoms with Crippen molar-refractivity contribution < 1.29 is 9.53 Å². The summed E-state index contributed by atoms with van der Waals surface area (Å²) in [6, 6.07) is 26.1. The Morgan fingerprint density at radius 2 is 1.51 bits per heavy atom. The van der Waals surface area contributed by atoms with E-state index in [0.717, 1.165) is 17.5 Å². The summed E-state index contributed by atoms with van der Waals surface area (Å²) in [5.74, 6) is 0.146. The molecule has 0 saturated heterocycles. The number of nitrogens with zero attached hydrogens (tertiary/aromatic N) is 1. The minimum Gasteiger partial charge on any atom is -0.422 e. The van der Waals surface area contributed by atoms with Crippen molar-refractivity contribution in [2.24, 2.45) is 0 Å². The number of para-hydroxylation sites is 1. The Kier molecular flexibility index (Phi) is 8.88. The maximum Gasteiger partial charge on any atom is 0.343 e. The first-order chi connectivity index (χ1) is 16.6. The smallest absolute Gasteiger partial charge is 0.343 e. The molecule has 5 heteroatoms. The van der Waals surface area contributed by atoms with Gasteiger partial charge in [-0.3, -0.25) is 0 Å². The molecule has 0 amide bonds. The second-order valence-corrected chi connectivity index (χ2v) is 22.7. The zero-order valence-corrected chi connectivity index (χ0v) is 23.7. The molecule has 3 rings (SSSR count). The van der Waals surface area contributed by atoms with E-state index >= 15 is 0 Å². The summed E-state index contributed by atoms with van der Waals surface area (Å²) in [5, 5.41) is 9.03. The number of esters is 1. The van der Waals surface area contributed by atoms with Crippen LogP contribution in [0.1, 0.15) is 34.3 Å². The van der Waals surface area contributed by atoms with Crippen molar-refractivity contribution >= 4 is 22.1 Å². The van der Waals surface area contributed by atoms with Gasteiger partial charge in [-0.05, 0) is 54.3 Å². The summed E-state index contributed by atoms with van der Waals surface area (Å²) in [6.45, 7) is 12.6. The van der Waals surface area contributed by atoms with Crippen LogP contribution in [0.25, 0.3) is 11.1 Å². The number of hydrogen-bond donors (Lipinski definition) is 0. The Bertz CT molecular complexity index is 1170. The van der Waals surface area contributed by atoms with Crippen LogP contribution in [-0.4, -0.2) is 22.1 Å². The fourth-order valence-corrected chi connectivity index (χ4v) is 18.3. The van der Waals surface area contributed by atoms with Crippen LogP contribution in [0.3, 0.4) is 0 Å². The summed E-state index contributed by atoms with van der Waals surface area (Å²) in [7, 11) is -2.07. The molecule has 0 N–H and O–H groups in total. The van der Waals surface area contributed by atoms with Crippen molar-refractivity contribution in [2.75, 3.05) is 0 Å². The highest BCUT2D eigenvalue weighted by Crippen LogP contribution is 2.31. The van der Waals surface area contributed by atoms with E-state index in [1.54, 1.807) is 18.2 Å². The Morgan fingerprint density at radius 3 is 2.14 bits per heavy atom. The number of hydrogen-bond acceptors (Lipinski definition) is 3. The van der Waals surface area contributed by atoms with Crippen molar-refractivity contribution in [3.05, 3.63) is 89.5 Å². The third-order valence-electron chi connectivity index (χ3n) is 6.18. The van der Waals surface area contributed by atoms with Gasteiger partial charge < -0.3 is 4.74 Å². The van der Waals surface area contributed by atoms with Gasteiger partial charge in [0.05, 0.1) is 17.2 Å². The van der Waals surface area contributed by atoms with Crippen LogP contribution in [0.4, 0.5) is 0 Å². The molecular formula is C30H37NO2Si2. The Hall–Kier alpha value is -2.95. The minimum absolute atomic E-state index is 0.364. The van der Waals surface area contributed by atoms with E-state index in [9.17, 15) is 4.79 Å². The number of rotatable bonds is 10. The Morgan fingerprint density at radius 1 is 0.857 bits per heavy atom. The molecule has 35 heavy (non-hydrogen) atoms. The highest BCUT2D eigenvalue weighted by Gasteiger charge is 2.27. The van der Waals surface area contributed by atoms with E-state index in [4.69, 9.17) is 10.00 Å². The maximum atomic E-state index is 12.8. The van der Waals surface area contributed by atoms with Gasteiger partial charge in [-0.15, -0.1) is 0 Å². The maximum absolute atomic E-state index is 12.8. The third kappa shape index (κ3) is 8.34. The van der Waals surface area contributed by atoms with Crippen LogP contribution in [0.2, 0.25) is 44.4 Å². The van der Waals surface area contributed by atoms with E-state index in [0.29, 0.717) is 16.9 Å². The van der Waals surface area contributed by atoms with Gasteiger partial charge in [0.1, 0.15) is 5.75 Å². The van der Waals surface area contributed by atoms with Gasteiger partial charge in [-0.2, -0.15) is 5.26 Å². The standard InChI is InChI=1S/C30H37NO2Si2/c1-34(2,3)23-35(4,5)21-9-8-10-24-13-19-27(20-14-24)30(32)33-29-12-7-6-11-28(29)26-17-15-25(22-31)16-18-26/h6-7,11-20H,8-10,21,23H2,1-5H3. The molecule has 0 aliphatic heterocycles. The first kappa shape index (κ1) is 26.7. The molecular weight excluding hydrogens is 463 g/mol. The summed E-state index contributed by atoms with van der Waals surface area (Å²) in [4.78, 5) is 12.8. The van der Waals surface area contributed by atoms with Crippen molar-refractivity contribution in [2.45, 2.75) is 63.7 Å². The molecule has 0 aliphatic carbocycles. The number of aryl methyl sites for hydroxylation is 1. The normalized spacial score (nSPS) is 11.7. The quantitative estimate of drug-likeness (QED) is 0.122. The number of carbonyl (C=O) groups is 1. The average molecular weight is 500 g/mol. The number of unbranched alkanes of at least 4 members (excludes halogenated alkanes) is 1. The van der Waals surface area contributed by atoms with Crippen molar-refractivity contribution in [1.29, 1.82) is 5.26 Å². The Balaban J connectivity index is 1.57. The van der Waals surface area contributed by atoms with Crippen LogP contribution >= 0.6 is 0 Å². The van der Waals surface area contributed by atoms with Crippen LogP contribution in [0.15, 0.2) is 72.8 Å². The van der Waals surface area contributed by atoms with E-state index in [1.807, 2.05) is 54.6 Å². The molecule has 3 aromatic carbocycles. The molecule has 0 aromatic heterocycles. The van der Waals surface area contributed by atoms with Crippen LogP contribution in [0.5, 0.6) is 5.75 Å². The molecule has 0 fully saturated rings. The van der Waals surface area contributed by atoms with Gasteiger partial charge in [0.15, 0.2) is 0 Å². The first-order valence-corrected chi connectivity index (χ1v) is 19.6. The van der Waals surface area contributed by atoms with Crippen molar-refractivity contribution in [3.8, 4) is 22.9 Å². The predicted molar refractivity (Wildman–Crippen MR) is 151 cm³/mol. The highest BCUT2D eigenvalue weighted by atomic mass is 28.4. The zero-order chi connectivity index (χ0) is 25.5. The summed E-state index contributed by atoms with van der Waals surface area (Å²) in [5.41, 5.74) is 5.64. The minimum atomic E-state index is -1.09. The molecule has 0 radical (unpaired) electrons. The topological polar surface area (TPSA) is 50.1 Å². The fourth-order valence-electron chi connectivity index (χ4n) is 4.94. The predicted octanol–water partition coefficient (Wildman–Crippen LogP) is 8.35. The van der Waals surface area contributed by atoms with Gasteiger partial charge in [-0.25, -0.2) is 4.79 Å². The third-order valence-corrected chi connectivity index (χ3v) is 16.0. The molecule has 0 bridgehead atoms. The van der Waals surface area contributed by atoms with Crippen LogP contribution in [-0.2, 0) is 6.42 Å². The fraction of sp³-hybridized carbons (Fsp3) is 0.333. The lowest BCUT2D eigenvalue weighted by Gasteiger charge is -2.29. The molecule has 3 nitrogen and oxygen atoms in total. The lowest BCUT2D eigenvalue weighted by atomic mass is 10.0. The monoisotopic (exact) mass is 499 g/mol. The van der Waals surface area contributed by atoms with Gasteiger partial charge in [0.2, 0.25) is 0 Å². The van der Waals surface area contributed by atoms with Gasteiger partial charge in [0, 0.05) is 21.7 Å². The number of nitriles is 1. The lowest BCUT2D eigenvalue weighted by Crippen LogP contribution is -2.37. The molecule has 182 valence electrons. The van der Waals surface area contributed by atoms with E-state index < -0.39 is 16.1 Å². The van der Waals surface area contributed by atoms with E-state index in [2.05, 4.69) is 38.8 Å². The summed E-state index contributed by atoms with van der Waals surface area (Å²) in [6.07, 6.45) is 3.54. The van der Waals surface area contributed by atoms with Gasteiger partial charge >= 0.3 is 5.97 Å². The SMILES string of the molecule is C[Si](C)(C)C[Si](C)(C)CCCCc1ccc(C(=O)Oc2ccccc2-c2ccc(C#N)cc2)cc1. The number of carbonyl (C=O) groups excluding carboxylic acids is 1. The first-order valence-electron chi connectivity index (χ1n) is 12.5. The second-order valence-electron chi connectivity index (χ2n) is 11.4. The lowest BCUT2D eigenvalue weighted by molar-refractivity contribution is 0.0735. The number of ether oxygens (including phenoxy) is 1. The van der Waals surface area contributed by atoms with Crippen LogP contribution in [0, 0.1) is 11.3 Å². The van der Waals surface area contributed by atoms with Crippen LogP contribution < -0.4 is 4.74 Å². The molecule has 0 unspecified atom stereocenters. The van der Waals surface area contributed by atoms with Gasteiger partial charge in [-0.1, -0.05) is 93.3 Å². The van der Waals surface area contributed by atoms with E-state index in [1.165, 1.54) is 30.1 Å². The second kappa shape index (κ2) is 11.7. The molecule has 0 spiro atoms. The number of benzene rings is 3.